The van der Waals surface area contributed by atoms with Crippen LogP contribution in [-0.2, 0) is 11.2 Å². The van der Waals surface area contributed by atoms with Crippen molar-refractivity contribution in [3.8, 4) is 0 Å². The second-order valence-electron chi connectivity index (χ2n) is 4.70. The van der Waals surface area contributed by atoms with Gasteiger partial charge in [-0.25, -0.2) is 0 Å². The van der Waals surface area contributed by atoms with E-state index in [1.54, 1.807) is 19.0 Å². The lowest BCUT2D eigenvalue weighted by atomic mass is 10.1. The smallest absolute Gasteiger partial charge is 0.253 e. The molecule has 2 N–H and O–H groups in total. The predicted molar refractivity (Wildman–Crippen MR) is 74.3 cm³/mol. The van der Waals surface area contributed by atoms with Gasteiger partial charge in [-0.1, -0.05) is 0 Å². The molecule has 0 unspecified atom stereocenters. The summed E-state index contributed by atoms with van der Waals surface area (Å²) in [5, 5.41) is 5.81. The van der Waals surface area contributed by atoms with E-state index in [-0.39, 0.29) is 11.8 Å². The van der Waals surface area contributed by atoms with Gasteiger partial charge < -0.3 is 15.5 Å². The van der Waals surface area contributed by atoms with Crippen molar-refractivity contribution in [2.45, 2.75) is 12.8 Å². The van der Waals surface area contributed by atoms with Crippen LogP contribution in [0.15, 0.2) is 18.2 Å². The van der Waals surface area contributed by atoms with Crippen LogP contribution in [0.25, 0.3) is 0 Å². The first-order valence-electron chi connectivity index (χ1n) is 6.44. The first kappa shape index (κ1) is 13.4. The van der Waals surface area contributed by atoms with Crippen molar-refractivity contribution in [2.75, 3.05) is 32.5 Å². The molecule has 5 heteroatoms. The Morgan fingerprint density at radius 2 is 2.21 bits per heavy atom. The summed E-state index contributed by atoms with van der Waals surface area (Å²) < 4.78 is 0. The van der Waals surface area contributed by atoms with Gasteiger partial charge in [-0.15, -0.1) is 0 Å². The van der Waals surface area contributed by atoms with Gasteiger partial charge in [0, 0.05) is 44.9 Å². The average Bonchev–Trinajstić information content (AvgIpc) is 2.90. The minimum absolute atomic E-state index is 0.0430. The van der Waals surface area contributed by atoms with E-state index in [9.17, 15) is 9.59 Å². The van der Waals surface area contributed by atoms with Gasteiger partial charge in [-0.2, -0.15) is 0 Å². The first-order valence-corrected chi connectivity index (χ1v) is 6.44. The molecule has 0 saturated heterocycles. The highest BCUT2D eigenvalue weighted by Crippen LogP contribution is 2.23. The third-order valence-corrected chi connectivity index (χ3v) is 3.36. The predicted octanol–water partition coefficient (Wildman–Crippen LogP) is 0.863. The fourth-order valence-electron chi connectivity index (χ4n) is 2.15. The fourth-order valence-corrected chi connectivity index (χ4v) is 2.15. The molecule has 1 heterocycles. The number of benzene rings is 1. The van der Waals surface area contributed by atoms with Crippen LogP contribution < -0.4 is 10.6 Å². The Morgan fingerprint density at radius 1 is 1.42 bits per heavy atom. The molecule has 5 nitrogen and oxygen atoms in total. The van der Waals surface area contributed by atoms with Gasteiger partial charge in [0.15, 0.2) is 0 Å². The highest BCUT2D eigenvalue weighted by molar-refractivity contribution is 5.95. The Hall–Kier alpha value is -2.04. The molecule has 0 radical (unpaired) electrons. The van der Waals surface area contributed by atoms with Crippen LogP contribution in [0, 0.1) is 0 Å². The maximum absolute atomic E-state index is 12.2. The summed E-state index contributed by atoms with van der Waals surface area (Å²) in [5.41, 5.74) is 2.98. The molecule has 1 aliphatic rings. The Labute approximate surface area is 113 Å². The molecule has 0 fully saturated rings. The lowest BCUT2D eigenvalue weighted by Gasteiger charge is -2.17. The SMILES string of the molecule is CNC(=O)CCN(C)C(=O)c1ccc2c(c1)CCN2. The van der Waals surface area contributed by atoms with E-state index >= 15 is 0 Å². The number of amides is 2. The molecule has 0 atom stereocenters. The third kappa shape index (κ3) is 3.05. The van der Waals surface area contributed by atoms with Crippen LogP contribution in [0.2, 0.25) is 0 Å². The minimum Gasteiger partial charge on any atom is -0.384 e. The molecule has 1 aromatic carbocycles. The number of fused-ring (bicyclic) bond motifs is 1. The Morgan fingerprint density at radius 3 is 2.95 bits per heavy atom. The average molecular weight is 261 g/mol. The van der Waals surface area contributed by atoms with Gasteiger partial charge in [-0.3, -0.25) is 9.59 Å². The molecule has 0 saturated carbocycles. The summed E-state index contributed by atoms with van der Waals surface area (Å²) in [7, 11) is 3.31. The van der Waals surface area contributed by atoms with Crippen molar-refractivity contribution in [3.05, 3.63) is 29.3 Å². The van der Waals surface area contributed by atoms with Crippen molar-refractivity contribution >= 4 is 17.5 Å². The maximum atomic E-state index is 12.2. The lowest BCUT2D eigenvalue weighted by Crippen LogP contribution is -2.31. The van der Waals surface area contributed by atoms with E-state index in [1.807, 2.05) is 18.2 Å². The molecule has 1 aromatic rings. The summed E-state index contributed by atoms with van der Waals surface area (Å²) in [5.74, 6) is -0.101. The van der Waals surface area contributed by atoms with Crippen molar-refractivity contribution in [3.63, 3.8) is 0 Å². The van der Waals surface area contributed by atoms with Crippen molar-refractivity contribution in [1.82, 2.24) is 10.2 Å². The van der Waals surface area contributed by atoms with Crippen LogP contribution in [-0.4, -0.2) is 43.9 Å². The number of rotatable bonds is 4. The molecule has 1 aliphatic heterocycles. The highest BCUT2D eigenvalue weighted by Gasteiger charge is 2.16. The Kier molecular flexibility index (Phi) is 4.04. The molecule has 0 aliphatic carbocycles. The topological polar surface area (TPSA) is 61.4 Å². The quantitative estimate of drug-likeness (QED) is 0.845. The van der Waals surface area contributed by atoms with Crippen molar-refractivity contribution in [1.29, 1.82) is 0 Å². The van der Waals surface area contributed by atoms with Gasteiger partial charge in [0.05, 0.1) is 0 Å². The number of hydrogen-bond donors (Lipinski definition) is 2. The van der Waals surface area contributed by atoms with E-state index in [2.05, 4.69) is 10.6 Å². The van der Waals surface area contributed by atoms with Gasteiger partial charge in [0.2, 0.25) is 5.91 Å². The van der Waals surface area contributed by atoms with E-state index in [4.69, 9.17) is 0 Å². The van der Waals surface area contributed by atoms with Crippen LogP contribution in [0.3, 0.4) is 0 Å². The molecular formula is C14H19N3O2. The number of carbonyl (C=O) groups excluding carboxylic acids is 2. The standard InChI is InChI=1S/C14H19N3O2/c1-15-13(18)6-8-17(2)14(19)11-3-4-12-10(9-11)5-7-16-12/h3-4,9,16H,5-8H2,1-2H3,(H,15,18). The zero-order chi connectivity index (χ0) is 13.8. The highest BCUT2D eigenvalue weighted by atomic mass is 16.2. The van der Waals surface area contributed by atoms with E-state index in [0.29, 0.717) is 18.5 Å². The molecule has 0 aromatic heterocycles. The van der Waals surface area contributed by atoms with Gasteiger partial charge in [-0.05, 0) is 30.2 Å². The monoisotopic (exact) mass is 261 g/mol. The van der Waals surface area contributed by atoms with Gasteiger partial charge >= 0.3 is 0 Å². The molecule has 2 rings (SSSR count). The molecule has 2 amide bonds. The number of carbonyl (C=O) groups is 2. The minimum atomic E-state index is -0.0576. The normalized spacial score (nSPS) is 12.5. The Bertz CT molecular complexity index is 499. The second kappa shape index (κ2) is 5.73. The summed E-state index contributed by atoms with van der Waals surface area (Å²) in [4.78, 5) is 25.0. The summed E-state index contributed by atoms with van der Waals surface area (Å²) >= 11 is 0. The molecule has 19 heavy (non-hydrogen) atoms. The number of anilines is 1. The number of nitrogens with one attached hydrogen (secondary N) is 2. The van der Waals surface area contributed by atoms with Crippen LogP contribution >= 0.6 is 0 Å². The van der Waals surface area contributed by atoms with E-state index < -0.39 is 0 Å². The Balaban J connectivity index is 2.01. The number of hydrogen-bond acceptors (Lipinski definition) is 3. The second-order valence-corrected chi connectivity index (χ2v) is 4.70. The zero-order valence-corrected chi connectivity index (χ0v) is 11.3. The zero-order valence-electron chi connectivity index (χ0n) is 11.3. The fraction of sp³-hybridized carbons (Fsp3) is 0.429. The summed E-state index contributed by atoms with van der Waals surface area (Å²) in [6, 6.07) is 5.71. The summed E-state index contributed by atoms with van der Waals surface area (Å²) in [6.45, 7) is 1.35. The largest absolute Gasteiger partial charge is 0.384 e. The van der Waals surface area contributed by atoms with Crippen LogP contribution in [0.1, 0.15) is 22.3 Å². The van der Waals surface area contributed by atoms with Gasteiger partial charge in [0.1, 0.15) is 0 Å². The maximum Gasteiger partial charge on any atom is 0.253 e. The van der Waals surface area contributed by atoms with Gasteiger partial charge in [0.25, 0.3) is 5.91 Å². The third-order valence-electron chi connectivity index (χ3n) is 3.36. The lowest BCUT2D eigenvalue weighted by molar-refractivity contribution is -0.120. The molecule has 0 bridgehead atoms. The van der Waals surface area contributed by atoms with E-state index in [1.165, 1.54) is 5.56 Å². The first-order chi connectivity index (χ1) is 9.11. The van der Waals surface area contributed by atoms with Crippen LogP contribution in [0.4, 0.5) is 5.69 Å². The summed E-state index contributed by atoms with van der Waals surface area (Å²) in [6.07, 6.45) is 1.28. The van der Waals surface area contributed by atoms with Crippen molar-refractivity contribution in [2.24, 2.45) is 0 Å². The van der Waals surface area contributed by atoms with Crippen molar-refractivity contribution < 1.29 is 9.59 Å². The molecule has 0 spiro atoms. The van der Waals surface area contributed by atoms with Crippen LogP contribution in [0.5, 0.6) is 0 Å². The molecular weight excluding hydrogens is 242 g/mol. The molecule has 102 valence electrons. The number of nitrogens with zero attached hydrogens (tertiary/aromatic N) is 1. The van der Waals surface area contributed by atoms with E-state index in [0.717, 1.165) is 18.7 Å².